The third kappa shape index (κ3) is 4.94. The van der Waals surface area contributed by atoms with Crippen molar-refractivity contribution in [3.8, 4) is 11.3 Å². The molecule has 0 amide bonds. The first-order chi connectivity index (χ1) is 16.0. The SMILES string of the molecule is CC1(C)CCc2c(-c3cc(F)nc(NCC(c4ccccc4)N4CCOCC4)c3)n[nH]c2C1. The molecule has 0 bridgehead atoms. The third-order valence-corrected chi connectivity index (χ3v) is 6.87. The predicted octanol–water partition coefficient (Wildman–Crippen LogP) is 4.61. The minimum Gasteiger partial charge on any atom is -0.379 e. The van der Waals surface area contributed by atoms with E-state index in [4.69, 9.17) is 4.74 Å². The summed E-state index contributed by atoms with van der Waals surface area (Å²) in [7, 11) is 0. The van der Waals surface area contributed by atoms with E-state index in [1.165, 1.54) is 22.9 Å². The largest absolute Gasteiger partial charge is 0.379 e. The van der Waals surface area contributed by atoms with E-state index in [0.29, 0.717) is 12.4 Å². The predicted molar refractivity (Wildman–Crippen MR) is 128 cm³/mol. The number of hydrogen-bond acceptors (Lipinski definition) is 5. The summed E-state index contributed by atoms with van der Waals surface area (Å²) in [6, 6.07) is 14.0. The molecule has 2 aromatic heterocycles. The molecule has 174 valence electrons. The fraction of sp³-hybridized carbons (Fsp3) is 0.462. The number of rotatable bonds is 6. The number of aromatic amines is 1. The molecule has 1 aromatic carbocycles. The molecule has 3 aromatic rings. The lowest BCUT2D eigenvalue weighted by molar-refractivity contribution is 0.0187. The quantitative estimate of drug-likeness (QED) is 0.538. The van der Waals surface area contributed by atoms with Gasteiger partial charge in [0.2, 0.25) is 5.95 Å². The highest BCUT2D eigenvalue weighted by molar-refractivity contribution is 5.67. The third-order valence-electron chi connectivity index (χ3n) is 6.87. The Bertz CT molecular complexity index is 1090. The van der Waals surface area contributed by atoms with Crippen molar-refractivity contribution in [2.75, 3.05) is 38.2 Å². The highest BCUT2D eigenvalue weighted by Crippen LogP contribution is 2.38. The summed E-state index contributed by atoms with van der Waals surface area (Å²) in [6.07, 6.45) is 3.02. The average molecular weight is 450 g/mol. The number of anilines is 1. The van der Waals surface area contributed by atoms with Crippen LogP contribution in [0, 0.1) is 11.4 Å². The number of nitrogens with zero attached hydrogens (tertiary/aromatic N) is 3. The molecule has 1 saturated heterocycles. The molecular weight excluding hydrogens is 417 g/mol. The summed E-state index contributed by atoms with van der Waals surface area (Å²) in [4.78, 5) is 6.55. The molecule has 5 rings (SSSR count). The zero-order valence-electron chi connectivity index (χ0n) is 19.4. The van der Waals surface area contributed by atoms with Gasteiger partial charge in [0.15, 0.2) is 0 Å². The van der Waals surface area contributed by atoms with Gasteiger partial charge < -0.3 is 10.1 Å². The molecule has 2 aliphatic rings. The van der Waals surface area contributed by atoms with Gasteiger partial charge >= 0.3 is 0 Å². The Kier molecular flexibility index (Phi) is 6.17. The smallest absolute Gasteiger partial charge is 0.215 e. The Morgan fingerprint density at radius 2 is 1.97 bits per heavy atom. The minimum atomic E-state index is -0.495. The Balaban J connectivity index is 1.38. The molecule has 1 atom stereocenters. The summed E-state index contributed by atoms with van der Waals surface area (Å²) < 4.78 is 20.1. The van der Waals surface area contributed by atoms with Crippen LogP contribution >= 0.6 is 0 Å². The number of benzene rings is 1. The maximum Gasteiger partial charge on any atom is 0.215 e. The second-order valence-electron chi connectivity index (χ2n) is 9.89. The number of aromatic nitrogens is 3. The van der Waals surface area contributed by atoms with Crippen molar-refractivity contribution >= 4 is 5.82 Å². The van der Waals surface area contributed by atoms with Crippen LogP contribution in [0.2, 0.25) is 0 Å². The van der Waals surface area contributed by atoms with Crippen molar-refractivity contribution in [1.29, 1.82) is 0 Å². The van der Waals surface area contributed by atoms with Crippen LogP contribution in [-0.4, -0.2) is 52.9 Å². The van der Waals surface area contributed by atoms with E-state index in [1.54, 1.807) is 0 Å². The zero-order valence-corrected chi connectivity index (χ0v) is 19.4. The highest BCUT2D eigenvalue weighted by Gasteiger charge is 2.29. The van der Waals surface area contributed by atoms with Crippen LogP contribution in [0.5, 0.6) is 0 Å². The number of nitrogens with one attached hydrogen (secondary N) is 2. The topological polar surface area (TPSA) is 66.1 Å². The molecule has 1 aliphatic carbocycles. The van der Waals surface area contributed by atoms with Crippen molar-refractivity contribution in [3.63, 3.8) is 0 Å². The lowest BCUT2D eigenvalue weighted by Crippen LogP contribution is -2.41. The molecule has 0 saturated carbocycles. The molecule has 7 heteroatoms. The van der Waals surface area contributed by atoms with Crippen molar-refractivity contribution in [2.45, 2.75) is 39.2 Å². The molecule has 0 radical (unpaired) electrons. The van der Waals surface area contributed by atoms with Crippen LogP contribution in [0.3, 0.4) is 0 Å². The summed E-state index contributed by atoms with van der Waals surface area (Å²) >= 11 is 0. The number of halogens is 1. The van der Waals surface area contributed by atoms with E-state index in [2.05, 4.69) is 63.5 Å². The Labute approximate surface area is 194 Å². The maximum atomic E-state index is 14.6. The number of ether oxygens (including phenoxy) is 1. The molecule has 2 N–H and O–H groups in total. The van der Waals surface area contributed by atoms with E-state index in [1.807, 2.05) is 12.1 Å². The van der Waals surface area contributed by atoms with Crippen molar-refractivity contribution in [3.05, 3.63) is 65.2 Å². The standard InChI is InChI=1S/C26H32FN5O/c1-26(2)9-8-20-21(16-26)30-31-25(20)19-14-23(27)29-24(15-19)28-17-22(18-6-4-3-5-7-18)32-10-12-33-13-11-32/h3-7,14-15,22H,8-13,16-17H2,1-2H3,(H,28,29)(H,30,31). The molecule has 1 unspecified atom stereocenters. The van der Waals surface area contributed by atoms with E-state index in [-0.39, 0.29) is 11.5 Å². The molecule has 33 heavy (non-hydrogen) atoms. The van der Waals surface area contributed by atoms with Gasteiger partial charge in [-0.15, -0.1) is 0 Å². The summed E-state index contributed by atoms with van der Waals surface area (Å²) in [5.74, 6) is 0.0394. The van der Waals surface area contributed by atoms with E-state index in [9.17, 15) is 4.39 Å². The highest BCUT2D eigenvalue weighted by atomic mass is 19.1. The van der Waals surface area contributed by atoms with Crippen molar-refractivity contribution in [1.82, 2.24) is 20.1 Å². The van der Waals surface area contributed by atoms with Gasteiger partial charge in [0, 0.05) is 42.5 Å². The van der Waals surface area contributed by atoms with E-state index in [0.717, 1.165) is 56.8 Å². The summed E-state index contributed by atoms with van der Waals surface area (Å²) in [5, 5.41) is 11.2. The number of H-pyrrole nitrogens is 1. The number of morpholine rings is 1. The Morgan fingerprint density at radius 3 is 2.76 bits per heavy atom. The van der Waals surface area contributed by atoms with Crippen molar-refractivity contribution in [2.24, 2.45) is 5.41 Å². The van der Waals surface area contributed by atoms with Gasteiger partial charge in [0.05, 0.1) is 24.9 Å². The Morgan fingerprint density at radius 1 is 1.18 bits per heavy atom. The minimum absolute atomic E-state index is 0.156. The van der Waals surface area contributed by atoms with E-state index >= 15 is 0 Å². The lowest BCUT2D eigenvalue weighted by Gasteiger charge is -2.35. The van der Waals surface area contributed by atoms with Gasteiger partial charge in [-0.1, -0.05) is 44.2 Å². The van der Waals surface area contributed by atoms with Gasteiger partial charge in [0.1, 0.15) is 5.82 Å². The first kappa shape index (κ1) is 22.0. The van der Waals surface area contributed by atoms with Gasteiger partial charge in [-0.3, -0.25) is 10.00 Å². The summed E-state index contributed by atoms with van der Waals surface area (Å²) in [5.41, 5.74) is 5.49. The van der Waals surface area contributed by atoms with E-state index < -0.39 is 5.95 Å². The fourth-order valence-corrected chi connectivity index (χ4v) is 5.03. The number of hydrogen-bond donors (Lipinski definition) is 2. The van der Waals surface area contributed by atoms with Crippen molar-refractivity contribution < 1.29 is 9.13 Å². The fourth-order valence-electron chi connectivity index (χ4n) is 5.03. The van der Waals surface area contributed by atoms with Gasteiger partial charge in [0.25, 0.3) is 0 Å². The Hall–Kier alpha value is -2.77. The second-order valence-corrected chi connectivity index (χ2v) is 9.89. The van der Waals surface area contributed by atoms with Crippen LogP contribution in [0.15, 0.2) is 42.5 Å². The monoisotopic (exact) mass is 449 g/mol. The van der Waals surface area contributed by atoms with Crippen LogP contribution in [0.1, 0.15) is 43.1 Å². The maximum absolute atomic E-state index is 14.6. The van der Waals surface area contributed by atoms with Crippen LogP contribution in [0.4, 0.5) is 10.2 Å². The molecule has 6 nitrogen and oxygen atoms in total. The molecular formula is C26H32FN5O. The average Bonchev–Trinajstić information content (AvgIpc) is 3.22. The van der Waals surface area contributed by atoms with Crippen LogP contribution < -0.4 is 5.32 Å². The second kappa shape index (κ2) is 9.23. The van der Waals surface area contributed by atoms with Crippen LogP contribution in [0.25, 0.3) is 11.3 Å². The normalized spacial score (nSPS) is 19.1. The zero-order chi connectivity index (χ0) is 22.8. The number of fused-ring (bicyclic) bond motifs is 1. The van der Waals surface area contributed by atoms with Gasteiger partial charge in [-0.2, -0.15) is 9.49 Å². The first-order valence-corrected chi connectivity index (χ1v) is 11.8. The lowest BCUT2D eigenvalue weighted by atomic mass is 9.76. The summed E-state index contributed by atoms with van der Waals surface area (Å²) in [6.45, 7) is 8.40. The van der Waals surface area contributed by atoms with Crippen LogP contribution in [-0.2, 0) is 17.6 Å². The molecule has 1 aliphatic heterocycles. The molecule has 1 fully saturated rings. The molecule has 3 heterocycles. The first-order valence-electron chi connectivity index (χ1n) is 11.8. The molecule has 0 spiro atoms. The van der Waals surface area contributed by atoms with Gasteiger partial charge in [-0.25, -0.2) is 4.98 Å². The number of pyridine rings is 1. The van der Waals surface area contributed by atoms with Gasteiger partial charge in [-0.05, 0) is 36.3 Å².